The predicted molar refractivity (Wildman–Crippen MR) is 98.1 cm³/mol. The fourth-order valence-electron chi connectivity index (χ4n) is 2.62. The summed E-state index contributed by atoms with van der Waals surface area (Å²) < 4.78 is 5.35. The number of carbonyl (C=O) groups excluding carboxylic acids is 1. The highest BCUT2D eigenvalue weighted by molar-refractivity contribution is 7.13. The van der Waals surface area contributed by atoms with Crippen LogP contribution in [0, 0.1) is 13.8 Å². The number of nitrogens with zero attached hydrogens (tertiary/aromatic N) is 2. The lowest BCUT2D eigenvalue weighted by Crippen LogP contribution is -2.30. The number of aliphatic hydroxyl groups excluding tert-OH is 1. The van der Waals surface area contributed by atoms with Crippen molar-refractivity contribution in [2.45, 2.75) is 65.9 Å². The number of hydrogen-bond acceptors (Lipinski definition) is 6. The van der Waals surface area contributed by atoms with Gasteiger partial charge in [0.15, 0.2) is 0 Å². The van der Waals surface area contributed by atoms with E-state index in [9.17, 15) is 9.90 Å². The standard InChI is InChI=1S/C18H27N3O3S/c1-5-6-7-15-14(13(4)24-21-15)8-9-16-20-12(3)17(25-16)18(23)19-10-11(2)22/h11,22H,5-10H2,1-4H3,(H,19,23). The Labute approximate surface area is 152 Å². The van der Waals surface area contributed by atoms with Gasteiger partial charge in [-0.1, -0.05) is 18.5 Å². The number of amides is 1. The Kier molecular flexibility index (Phi) is 7.13. The zero-order valence-electron chi connectivity index (χ0n) is 15.4. The van der Waals surface area contributed by atoms with Crippen molar-refractivity contribution in [2.75, 3.05) is 6.54 Å². The number of unbranched alkanes of at least 4 members (excludes halogenated alkanes) is 1. The number of thiazole rings is 1. The van der Waals surface area contributed by atoms with Gasteiger partial charge >= 0.3 is 0 Å². The van der Waals surface area contributed by atoms with Crippen molar-refractivity contribution < 1.29 is 14.4 Å². The third-order valence-electron chi connectivity index (χ3n) is 4.03. The van der Waals surface area contributed by atoms with E-state index in [0.29, 0.717) is 4.88 Å². The van der Waals surface area contributed by atoms with Crippen molar-refractivity contribution >= 4 is 17.2 Å². The lowest BCUT2D eigenvalue weighted by Gasteiger charge is -2.05. The monoisotopic (exact) mass is 365 g/mol. The molecule has 0 aromatic carbocycles. The molecule has 0 aliphatic heterocycles. The van der Waals surface area contributed by atoms with Gasteiger partial charge in [-0.05, 0) is 40.0 Å². The molecule has 0 saturated carbocycles. The van der Waals surface area contributed by atoms with Crippen molar-refractivity contribution in [1.82, 2.24) is 15.5 Å². The fraction of sp³-hybridized carbons (Fsp3) is 0.611. The van der Waals surface area contributed by atoms with Crippen LogP contribution in [0.5, 0.6) is 0 Å². The molecular formula is C18H27N3O3S. The average Bonchev–Trinajstić information content (AvgIpc) is 3.11. The predicted octanol–water partition coefficient (Wildman–Crippen LogP) is 2.99. The summed E-state index contributed by atoms with van der Waals surface area (Å²) in [6.45, 7) is 7.83. The molecule has 1 unspecified atom stereocenters. The third kappa shape index (κ3) is 5.37. The smallest absolute Gasteiger partial charge is 0.263 e. The summed E-state index contributed by atoms with van der Waals surface area (Å²) in [5.74, 6) is 0.696. The molecule has 0 spiro atoms. The number of carbonyl (C=O) groups is 1. The Morgan fingerprint density at radius 2 is 2.08 bits per heavy atom. The van der Waals surface area contributed by atoms with Gasteiger partial charge in [0, 0.05) is 18.5 Å². The SMILES string of the molecule is CCCCc1noc(C)c1CCc1nc(C)c(C(=O)NCC(C)O)s1. The molecule has 1 amide bonds. The van der Waals surface area contributed by atoms with E-state index in [1.807, 2.05) is 13.8 Å². The van der Waals surface area contributed by atoms with E-state index in [2.05, 4.69) is 22.4 Å². The lowest BCUT2D eigenvalue weighted by atomic mass is 10.0. The van der Waals surface area contributed by atoms with Gasteiger partial charge in [0.2, 0.25) is 0 Å². The van der Waals surface area contributed by atoms with Gasteiger partial charge in [0.1, 0.15) is 10.6 Å². The van der Waals surface area contributed by atoms with Gasteiger partial charge in [0.25, 0.3) is 5.91 Å². The summed E-state index contributed by atoms with van der Waals surface area (Å²) in [5.41, 5.74) is 2.94. The van der Waals surface area contributed by atoms with Crippen LogP contribution in [-0.4, -0.2) is 33.8 Å². The Hall–Kier alpha value is -1.73. The quantitative estimate of drug-likeness (QED) is 0.713. The van der Waals surface area contributed by atoms with Gasteiger partial charge in [-0.3, -0.25) is 4.79 Å². The van der Waals surface area contributed by atoms with E-state index in [4.69, 9.17) is 4.52 Å². The minimum atomic E-state index is -0.560. The van der Waals surface area contributed by atoms with Crippen LogP contribution in [0.1, 0.15) is 64.1 Å². The van der Waals surface area contributed by atoms with Gasteiger partial charge in [-0.25, -0.2) is 4.98 Å². The number of nitrogens with one attached hydrogen (secondary N) is 1. The summed E-state index contributed by atoms with van der Waals surface area (Å²) in [6.07, 6.45) is 4.18. The fourth-order valence-corrected chi connectivity index (χ4v) is 3.60. The molecule has 0 bridgehead atoms. The first-order chi connectivity index (χ1) is 11.9. The number of aliphatic hydroxyl groups is 1. The molecule has 0 fully saturated rings. The van der Waals surface area contributed by atoms with Gasteiger partial charge in [-0.15, -0.1) is 11.3 Å². The van der Waals surface area contributed by atoms with Crippen LogP contribution in [0.15, 0.2) is 4.52 Å². The molecule has 138 valence electrons. The second kappa shape index (κ2) is 9.10. The van der Waals surface area contributed by atoms with Crippen molar-refractivity contribution in [1.29, 1.82) is 0 Å². The summed E-state index contributed by atoms with van der Waals surface area (Å²) >= 11 is 1.41. The summed E-state index contributed by atoms with van der Waals surface area (Å²) in [4.78, 5) is 17.3. The molecular weight excluding hydrogens is 338 g/mol. The molecule has 0 radical (unpaired) electrons. The molecule has 2 aromatic heterocycles. The minimum Gasteiger partial charge on any atom is -0.392 e. The molecule has 7 heteroatoms. The van der Waals surface area contributed by atoms with Crippen LogP contribution in [0.3, 0.4) is 0 Å². The zero-order valence-corrected chi connectivity index (χ0v) is 16.2. The number of hydrogen-bond donors (Lipinski definition) is 2. The zero-order chi connectivity index (χ0) is 18.4. The Morgan fingerprint density at radius 1 is 1.32 bits per heavy atom. The van der Waals surface area contributed by atoms with E-state index >= 15 is 0 Å². The van der Waals surface area contributed by atoms with Crippen LogP contribution in [0.4, 0.5) is 0 Å². The highest BCUT2D eigenvalue weighted by atomic mass is 32.1. The number of rotatable bonds is 9. The van der Waals surface area contributed by atoms with E-state index < -0.39 is 6.10 Å². The maximum atomic E-state index is 12.2. The van der Waals surface area contributed by atoms with Gasteiger partial charge < -0.3 is 14.9 Å². The Bertz CT molecular complexity index is 706. The normalized spacial score (nSPS) is 12.4. The second-order valence-corrected chi connectivity index (χ2v) is 7.43. The summed E-state index contributed by atoms with van der Waals surface area (Å²) in [6, 6.07) is 0. The van der Waals surface area contributed by atoms with Crippen LogP contribution < -0.4 is 5.32 Å². The maximum Gasteiger partial charge on any atom is 0.263 e. The highest BCUT2D eigenvalue weighted by Crippen LogP contribution is 2.22. The molecule has 6 nitrogen and oxygen atoms in total. The molecule has 2 aromatic rings. The third-order valence-corrected chi connectivity index (χ3v) is 5.24. The number of aromatic nitrogens is 2. The van der Waals surface area contributed by atoms with Crippen molar-refractivity contribution in [3.05, 3.63) is 32.6 Å². The first kappa shape index (κ1) is 19.6. The minimum absolute atomic E-state index is 0.174. The Morgan fingerprint density at radius 3 is 2.76 bits per heavy atom. The van der Waals surface area contributed by atoms with E-state index in [0.717, 1.165) is 54.3 Å². The van der Waals surface area contributed by atoms with Gasteiger partial charge in [0.05, 0.1) is 22.5 Å². The van der Waals surface area contributed by atoms with E-state index in [1.54, 1.807) is 6.92 Å². The Balaban J connectivity index is 2.01. The second-order valence-electron chi connectivity index (χ2n) is 6.35. The molecule has 0 aliphatic carbocycles. The van der Waals surface area contributed by atoms with Crippen LogP contribution in [0.25, 0.3) is 0 Å². The molecule has 25 heavy (non-hydrogen) atoms. The van der Waals surface area contributed by atoms with Crippen molar-refractivity contribution in [3.8, 4) is 0 Å². The molecule has 2 N–H and O–H groups in total. The highest BCUT2D eigenvalue weighted by Gasteiger charge is 2.17. The van der Waals surface area contributed by atoms with Crippen molar-refractivity contribution in [3.63, 3.8) is 0 Å². The topological polar surface area (TPSA) is 88.2 Å². The summed E-state index contributed by atoms with van der Waals surface area (Å²) in [7, 11) is 0. The molecule has 0 saturated heterocycles. The molecule has 1 atom stereocenters. The molecule has 0 aliphatic rings. The molecule has 2 rings (SSSR count). The maximum absolute atomic E-state index is 12.2. The molecule has 2 heterocycles. The van der Waals surface area contributed by atoms with Crippen molar-refractivity contribution in [2.24, 2.45) is 0 Å². The number of aryl methyl sites for hydroxylation is 4. The average molecular weight is 365 g/mol. The first-order valence-electron chi connectivity index (χ1n) is 8.79. The van der Waals surface area contributed by atoms with Crippen LogP contribution >= 0.6 is 11.3 Å². The summed E-state index contributed by atoms with van der Waals surface area (Å²) in [5, 5.41) is 17.1. The first-order valence-corrected chi connectivity index (χ1v) is 9.60. The lowest BCUT2D eigenvalue weighted by molar-refractivity contribution is 0.0927. The van der Waals surface area contributed by atoms with Gasteiger partial charge in [-0.2, -0.15) is 0 Å². The largest absolute Gasteiger partial charge is 0.392 e. The van der Waals surface area contributed by atoms with E-state index in [1.165, 1.54) is 16.9 Å². The van der Waals surface area contributed by atoms with Crippen LogP contribution in [-0.2, 0) is 19.3 Å². The van der Waals surface area contributed by atoms with E-state index in [-0.39, 0.29) is 12.5 Å². The van der Waals surface area contributed by atoms with Crippen LogP contribution in [0.2, 0.25) is 0 Å².